The van der Waals surface area contributed by atoms with Crippen LogP contribution in [-0.2, 0) is 22.3 Å². The number of carbonyl (C=O) groups is 2. The number of halogens is 3. The summed E-state index contributed by atoms with van der Waals surface area (Å²) in [6.45, 7) is 4.22. The summed E-state index contributed by atoms with van der Waals surface area (Å²) in [6, 6.07) is -0.629. The van der Waals surface area contributed by atoms with E-state index in [0.29, 0.717) is 12.1 Å². The number of nitrogens with one attached hydrogen (secondary N) is 2. The van der Waals surface area contributed by atoms with Crippen molar-refractivity contribution < 1.29 is 27.5 Å². The predicted molar refractivity (Wildman–Crippen MR) is 104 cm³/mol. The lowest BCUT2D eigenvalue weighted by Crippen LogP contribution is -2.46. The summed E-state index contributed by atoms with van der Waals surface area (Å²) < 4.78 is 45.5. The minimum absolute atomic E-state index is 0.0543. The molecule has 1 aliphatic heterocycles. The second-order valence-corrected chi connectivity index (χ2v) is 7.23. The fourth-order valence-corrected chi connectivity index (χ4v) is 3.64. The zero-order valence-electron chi connectivity index (χ0n) is 16.6. The second kappa shape index (κ2) is 9.37. The number of urea groups is 1. The van der Waals surface area contributed by atoms with E-state index >= 15 is 0 Å². The second-order valence-electron chi connectivity index (χ2n) is 6.28. The van der Waals surface area contributed by atoms with Gasteiger partial charge >= 0.3 is 18.2 Å². The molecule has 0 unspecified atom stereocenters. The van der Waals surface area contributed by atoms with E-state index in [4.69, 9.17) is 4.74 Å². The van der Waals surface area contributed by atoms with Gasteiger partial charge in [-0.3, -0.25) is 4.68 Å². The predicted octanol–water partition coefficient (Wildman–Crippen LogP) is 2.68. The largest absolute Gasteiger partial charge is 0.463 e. The third-order valence-corrected chi connectivity index (χ3v) is 5.12. The van der Waals surface area contributed by atoms with Gasteiger partial charge in [-0.1, -0.05) is 11.8 Å². The first-order valence-electron chi connectivity index (χ1n) is 9.26. The minimum atomic E-state index is -4.61. The molecule has 0 fully saturated rings. The summed E-state index contributed by atoms with van der Waals surface area (Å²) in [5.74, 6) is -0.716. The number of rotatable bonds is 7. The smallest absolute Gasteiger partial charge is 0.433 e. The van der Waals surface area contributed by atoms with E-state index in [-0.39, 0.29) is 28.8 Å². The van der Waals surface area contributed by atoms with Crippen molar-refractivity contribution in [1.29, 1.82) is 0 Å². The average Bonchev–Trinajstić information content (AvgIpc) is 3.21. The summed E-state index contributed by atoms with van der Waals surface area (Å²) in [5.41, 5.74) is -0.180. The Morgan fingerprint density at radius 3 is 2.77 bits per heavy atom. The molecule has 1 atom stereocenters. The molecule has 2 N–H and O–H groups in total. The SMILES string of the molecule is CCOC(=O)C1=C(CSc2nccc(C(F)(F)F)n2)NC(=O)N[C@@H]1c1cnn(CC)c1. The van der Waals surface area contributed by atoms with Gasteiger partial charge in [0.05, 0.1) is 24.4 Å². The quantitative estimate of drug-likeness (QED) is 0.374. The first-order valence-corrected chi connectivity index (χ1v) is 10.2. The molecule has 2 aromatic rings. The molecule has 166 valence electrons. The maximum Gasteiger partial charge on any atom is 0.433 e. The van der Waals surface area contributed by atoms with E-state index in [0.717, 1.165) is 24.0 Å². The van der Waals surface area contributed by atoms with Crippen LogP contribution in [0.3, 0.4) is 0 Å². The molecule has 13 heteroatoms. The Hall–Kier alpha value is -3.09. The van der Waals surface area contributed by atoms with Gasteiger partial charge in [-0.25, -0.2) is 19.6 Å². The molecule has 2 aromatic heterocycles. The molecule has 0 saturated carbocycles. The Balaban J connectivity index is 1.93. The Morgan fingerprint density at radius 1 is 1.35 bits per heavy atom. The normalized spacial score (nSPS) is 16.7. The van der Waals surface area contributed by atoms with E-state index in [1.807, 2.05) is 6.92 Å². The molecule has 0 aliphatic carbocycles. The fourth-order valence-electron chi connectivity index (χ4n) is 2.84. The monoisotopic (exact) mass is 456 g/mol. The molecule has 3 heterocycles. The van der Waals surface area contributed by atoms with Crippen LogP contribution in [0.4, 0.5) is 18.0 Å². The maximum absolute atomic E-state index is 12.9. The standard InChI is InChI=1S/C18H19F3N6O3S/c1-3-27-8-10(7-23-27)14-13(15(28)30-4-2)11(24-16(29)26-14)9-31-17-22-6-5-12(25-17)18(19,20)21/h5-8,14H,3-4,9H2,1-2H3,(H2,24,26,29)/t14-/m1/s1. The lowest BCUT2D eigenvalue weighted by Gasteiger charge is -2.28. The van der Waals surface area contributed by atoms with Gasteiger partial charge in [0.1, 0.15) is 5.69 Å². The summed E-state index contributed by atoms with van der Waals surface area (Å²) >= 11 is 0.854. The van der Waals surface area contributed by atoms with Crippen molar-refractivity contribution in [1.82, 2.24) is 30.4 Å². The molecule has 0 aromatic carbocycles. The van der Waals surface area contributed by atoms with Crippen molar-refractivity contribution in [3.05, 3.63) is 47.2 Å². The summed E-state index contributed by atoms with van der Waals surface area (Å²) in [4.78, 5) is 32.2. The van der Waals surface area contributed by atoms with Gasteiger partial charge in [0, 0.05) is 36.0 Å². The molecule has 0 spiro atoms. The topological polar surface area (TPSA) is 111 Å². The van der Waals surface area contributed by atoms with Crippen molar-refractivity contribution in [3.8, 4) is 0 Å². The van der Waals surface area contributed by atoms with Gasteiger partial charge in [0.25, 0.3) is 0 Å². The Bertz CT molecular complexity index is 1010. The van der Waals surface area contributed by atoms with Crippen LogP contribution < -0.4 is 10.6 Å². The summed E-state index contributed by atoms with van der Waals surface area (Å²) in [5, 5.41) is 9.23. The number of nitrogens with zero attached hydrogens (tertiary/aromatic N) is 4. The summed E-state index contributed by atoms with van der Waals surface area (Å²) in [6.07, 6.45) is -0.390. The van der Waals surface area contributed by atoms with E-state index < -0.39 is 29.9 Å². The highest BCUT2D eigenvalue weighted by atomic mass is 32.2. The number of ether oxygens (including phenoxy) is 1. The van der Waals surface area contributed by atoms with Crippen LogP contribution in [0.1, 0.15) is 31.1 Å². The first-order chi connectivity index (χ1) is 14.7. The number of amides is 2. The van der Waals surface area contributed by atoms with E-state index in [1.54, 1.807) is 17.8 Å². The third kappa shape index (κ3) is 5.34. The van der Waals surface area contributed by atoms with Crippen LogP contribution in [0.15, 0.2) is 41.1 Å². The molecule has 9 nitrogen and oxygen atoms in total. The molecule has 1 aliphatic rings. The number of aromatic nitrogens is 4. The highest BCUT2D eigenvalue weighted by Gasteiger charge is 2.35. The van der Waals surface area contributed by atoms with Crippen LogP contribution in [0.5, 0.6) is 0 Å². The van der Waals surface area contributed by atoms with Crippen molar-refractivity contribution in [2.75, 3.05) is 12.4 Å². The van der Waals surface area contributed by atoms with Crippen LogP contribution in [0, 0.1) is 0 Å². The number of carbonyl (C=O) groups excluding carboxylic acids is 2. The van der Waals surface area contributed by atoms with Gasteiger partial charge in [-0.2, -0.15) is 18.3 Å². The Labute approximate surface area is 179 Å². The molecule has 31 heavy (non-hydrogen) atoms. The van der Waals surface area contributed by atoms with Crippen LogP contribution >= 0.6 is 11.8 Å². The number of esters is 1. The van der Waals surface area contributed by atoms with Crippen LogP contribution in [0.25, 0.3) is 0 Å². The van der Waals surface area contributed by atoms with Crippen molar-refractivity contribution in [2.45, 2.75) is 37.8 Å². The number of hydrogen-bond acceptors (Lipinski definition) is 7. The lowest BCUT2D eigenvalue weighted by molar-refractivity contribution is -0.141. The molecule has 0 saturated heterocycles. The van der Waals surface area contributed by atoms with Gasteiger partial charge in [-0.15, -0.1) is 0 Å². The molecule has 2 amide bonds. The highest BCUT2D eigenvalue weighted by molar-refractivity contribution is 7.99. The minimum Gasteiger partial charge on any atom is -0.463 e. The zero-order chi connectivity index (χ0) is 22.6. The first kappa shape index (κ1) is 22.6. The van der Waals surface area contributed by atoms with Crippen molar-refractivity contribution >= 4 is 23.8 Å². The molecule has 0 bridgehead atoms. The highest BCUT2D eigenvalue weighted by Crippen LogP contribution is 2.31. The molecule has 3 rings (SSSR count). The molecular weight excluding hydrogens is 437 g/mol. The number of alkyl halides is 3. The average molecular weight is 456 g/mol. The lowest BCUT2D eigenvalue weighted by atomic mass is 9.98. The van der Waals surface area contributed by atoms with Gasteiger partial charge in [0.2, 0.25) is 0 Å². The zero-order valence-corrected chi connectivity index (χ0v) is 17.4. The van der Waals surface area contributed by atoms with Crippen molar-refractivity contribution in [2.24, 2.45) is 0 Å². The third-order valence-electron chi connectivity index (χ3n) is 4.23. The van der Waals surface area contributed by atoms with Gasteiger partial charge < -0.3 is 15.4 Å². The fraction of sp³-hybridized carbons (Fsp3) is 0.389. The van der Waals surface area contributed by atoms with E-state index in [9.17, 15) is 22.8 Å². The van der Waals surface area contributed by atoms with Crippen LogP contribution in [-0.4, -0.2) is 44.1 Å². The number of aryl methyl sites for hydroxylation is 1. The molecule has 0 radical (unpaired) electrons. The van der Waals surface area contributed by atoms with Crippen LogP contribution in [0.2, 0.25) is 0 Å². The van der Waals surface area contributed by atoms with Gasteiger partial charge in [0.15, 0.2) is 5.16 Å². The number of thioether (sulfide) groups is 1. The Kier molecular flexibility index (Phi) is 6.83. The Morgan fingerprint density at radius 2 is 2.13 bits per heavy atom. The number of hydrogen-bond donors (Lipinski definition) is 2. The van der Waals surface area contributed by atoms with E-state index in [1.165, 1.54) is 6.20 Å². The van der Waals surface area contributed by atoms with E-state index in [2.05, 4.69) is 25.7 Å². The van der Waals surface area contributed by atoms with Gasteiger partial charge in [-0.05, 0) is 19.9 Å². The maximum atomic E-state index is 12.9. The molecular formula is C18H19F3N6O3S. The summed E-state index contributed by atoms with van der Waals surface area (Å²) in [7, 11) is 0. The van der Waals surface area contributed by atoms with Crippen molar-refractivity contribution in [3.63, 3.8) is 0 Å².